The number of rotatable bonds is 6. The monoisotopic (exact) mass is 224 g/mol. The second-order valence-corrected chi connectivity index (χ2v) is 4.43. The molecule has 0 atom stereocenters. The molecule has 0 saturated heterocycles. The summed E-state index contributed by atoms with van der Waals surface area (Å²) in [6, 6.07) is 1.92. The zero-order chi connectivity index (χ0) is 12.2. The van der Waals surface area contributed by atoms with E-state index in [1.165, 1.54) is 0 Å². The molecule has 0 fully saturated rings. The van der Waals surface area contributed by atoms with E-state index in [9.17, 15) is 0 Å². The fraction of sp³-hybridized carbons (Fsp3) is 0.727. The Hall–Kier alpha value is -0.805. The Bertz CT molecular complexity index is 326. The van der Waals surface area contributed by atoms with Gasteiger partial charge in [-0.3, -0.25) is 4.68 Å². The van der Waals surface area contributed by atoms with E-state index in [2.05, 4.69) is 25.9 Å². The number of hydrogen-bond acceptors (Lipinski definition) is 3. The zero-order valence-corrected chi connectivity index (χ0v) is 10.9. The molecule has 0 N–H and O–H groups in total. The fourth-order valence-corrected chi connectivity index (χ4v) is 1.26. The first-order valence-electron chi connectivity index (χ1n) is 5.77. The van der Waals surface area contributed by atoms with Gasteiger partial charge in [-0.15, -0.1) is 0 Å². The molecule has 1 aromatic rings. The van der Waals surface area contributed by atoms with Crippen molar-refractivity contribution in [2.45, 2.75) is 39.7 Å². The van der Waals surface area contributed by atoms with Crippen molar-refractivity contribution in [2.24, 2.45) is 7.05 Å². The van der Waals surface area contributed by atoms with E-state index in [1.54, 1.807) is 4.68 Å². The molecule has 0 aliphatic rings. The highest BCUT2D eigenvalue weighted by Crippen LogP contribution is 2.15. The van der Waals surface area contributed by atoms with Gasteiger partial charge < -0.3 is 9.31 Å². The Morgan fingerprint density at radius 2 is 2.12 bits per heavy atom. The van der Waals surface area contributed by atoms with Crippen LogP contribution in [0, 0.1) is 0 Å². The van der Waals surface area contributed by atoms with Crippen molar-refractivity contribution in [3.63, 3.8) is 0 Å². The molecule has 1 rings (SSSR count). The van der Waals surface area contributed by atoms with Crippen molar-refractivity contribution < 1.29 is 9.31 Å². The van der Waals surface area contributed by atoms with Crippen LogP contribution < -0.4 is 5.59 Å². The molecule has 0 aromatic carbocycles. The number of hydrogen-bond donors (Lipinski definition) is 0. The van der Waals surface area contributed by atoms with Gasteiger partial charge in [0.2, 0.25) is 0 Å². The number of nitrogens with zero attached hydrogens (tertiary/aromatic N) is 2. The van der Waals surface area contributed by atoms with Gasteiger partial charge in [-0.1, -0.05) is 6.92 Å². The van der Waals surface area contributed by atoms with Crippen LogP contribution in [0.3, 0.4) is 0 Å². The van der Waals surface area contributed by atoms with Gasteiger partial charge in [0, 0.05) is 25.5 Å². The molecular formula is C11H21BN2O2. The van der Waals surface area contributed by atoms with Gasteiger partial charge in [0.1, 0.15) is 0 Å². The van der Waals surface area contributed by atoms with Crippen molar-refractivity contribution >= 4 is 12.7 Å². The second kappa shape index (κ2) is 5.50. The Labute approximate surface area is 98.1 Å². The minimum Gasteiger partial charge on any atom is -0.407 e. The van der Waals surface area contributed by atoms with Crippen LogP contribution in [0.2, 0.25) is 0 Å². The van der Waals surface area contributed by atoms with Crippen LogP contribution in [-0.4, -0.2) is 29.1 Å². The van der Waals surface area contributed by atoms with Crippen LogP contribution in [-0.2, 0) is 16.4 Å². The van der Waals surface area contributed by atoms with E-state index in [0.717, 1.165) is 12.0 Å². The minimum atomic E-state index is -0.374. The van der Waals surface area contributed by atoms with Gasteiger partial charge in [-0.05, 0) is 33.3 Å². The summed E-state index contributed by atoms with van der Waals surface area (Å²) in [7, 11) is 1.51. The van der Waals surface area contributed by atoms with Crippen molar-refractivity contribution in [1.82, 2.24) is 9.78 Å². The lowest BCUT2D eigenvalue weighted by Crippen LogP contribution is -2.44. The van der Waals surface area contributed by atoms with Crippen LogP contribution in [0.25, 0.3) is 0 Å². The molecule has 0 bridgehead atoms. The van der Waals surface area contributed by atoms with Gasteiger partial charge in [0.05, 0.1) is 5.59 Å². The standard InChI is InChI=1S/C11H21BN2O2/c1-6-11(3,4)16-12(15-7-2)10-8-9-14(5)13-10/h8-9H,6-7H2,1-5H3. The van der Waals surface area contributed by atoms with E-state index in [0.29, 0.717) is 6.61 Å². The van der Waals surface area contributed by atoms with E-state index in [-0.39, 0.29) is 12.7 Å². The molecule has 16 heavy (non-hydrogen) atoms. The van der Waals surface area contributed by atoms with E-state index >= 15 is 0 Å². The molecule has 0 aliphatic heterocycles. The van der Waals surface area contributed by atoms with E-state index in [1.807, 2.05) is 26.2 Å². The van der Waals surface area contributed by atoms with Crippen LogP contribution in [0.15, 0.2) is 12.3 Å². The predicted molar refractivity (Wildman–Crippen MR) is 65.7 cm³/mol. The molecule has 0 spiro atoms. The summed E-state index contributed by atoms with van der Waals surface area (Å²) in [6.45, 7) is 8.78. The van der Waals surface area contributed by atoms with Crippen LogP contribution in [0.4, 0.5) is 0 Å². The summed E-state index contributed by atoms with van der Waals surface area (Å²) in [4.78, 5) is 0. The summed E-state index contributed by atoms with van der Waals surface area (Å²) < 4.78 is 13.3. The molecule has 90 valence electrons. The lowest BCUT2D eigenvalue weighted by molar-refractivity contribution is 0.0702. The highest BCUT2D eigenvalue weighted by Gasteiger charge is 2.30. The van der Waals surface area contributed by atoms with Crippen molar-refractivity contribution in [3.05, 3.63) is 12.3 Å². The van der Waals surface area contributed by atoms with Crippen LogP contribution >= 0.6 is 0 Å². The molecule has 4 nitrogen and oxygen atoms in total. The lowest BCUT2D eigenvalue weighted by Gasteiger charge is -2.27. The molecule has 1 aromatic heterocycles. The Morgan fingerprint density at radius 1 is 1.44 bits per heavy atom. The molecule has 0 amide bonds. The summed E-state index contributed by atoms with van der Waals surface area (Å²) in [6.07, 6.45) is 2.83. The van der Waals surface area contributed by atoms with E-state index in [4.69, 9.17) is 9.31 Å². The van der Waals surface area contributed by atoms with E-state index < -0.39 is 0 Å². The SMILES string of the molecule is CCOB(OC(C)(C)CC)c1ccn(C)n1. The molecule has 0 radical (unpaired) electrons. The first kappa shape index (κ1) is 13.3. The van der Waals surface area contributed by atoms with Gasteiger partial charge in [-0.2, -0.15) is 5.10 Å². The second-order valence-electron chi connectivity index (χ2n) is 4.43. The van der Waals surface area contributed by atoms with Gasteiger partial charge >= 0.3 is 7.12 Å². The normalized spacial score (nSPS) is 11.8. The zero-order valence-electron chi connectivity index (χ0n) is 10.9. The minimum absolute atomic E-state index is 0.197. The quantitative estimate of drug-likeness (QED) is 0.684. The first-order chi connectivity index (χ1) is 7.48. The average Bonchev–Trinajstić information content (AvgIpc) is 2.64. The fourth-order valence-electron chi connectivity index (χ4n) is 1.26. The van der Waals surface area contributed by atoms with Crippen LogP contribution in [0.5, 0.6) is 0 Å². The van der Waals surface area contributed by atoms with Crippen molar-refractivity contribution in [3.8, 4) is 0 Å². The third-order valence-corrected chi connectivity index (χ3v) is 2.57. The lowest BCUT2D eigenvalue weighted by atomic mass is 9.83. The maximum absolute atomic E-state index is 5.93. The topological polar surface area (TPSA) is 36.3 Å². The maximum Gasteiger partial charge on any atom is 0.515 e. The number of aryl methyl sites for hydroxylation is 1. The summed E-state index contributed by atoms with van der Waals surface area (Å²) in [5.74, 6) is 0. The van der Waals surface area contributed by atoms with Gasteiger partial charge in [-0.25, -0.2) is 0 Å². The van der Waals surface area contributed by atoms with Crippen molar-refractivity contribution in [2.75, 3.05) is 6.61 Å². The highest BCUT2D eigenvalue weighted by molar-refractivity contribution is 6.60. The molecule has 0 unspecified atom stereocenters. The summed E-state index contributed by atoms with van der Waals surface area (Å²) >= 11 is 0. The third-order valence-electron chi connectivity index (χ3n) is 2.57. The molecule has 5 heteroatoms. The Kier molecular flexibility index (Phi) is 4.56. The molecule has 0 saturated carbocycles. The smallest absolute Gasteiger partial charge is 0.407 e. The van der Waals surface area contributed by atoms with Gasteiger partial charge in [0.15, 0.2) is 0 Å². The summed E-state index contributed by atoms with van der Waals surface area (Å²) in [5.41, 5.74) is 0.628. The summed E-state index contributed by atoms with van der Waals surface area (Å²) in [5, 5.41) is 4.31. The molecule has 1 heterocycles. The van der Waals surface area contributed by atoms with Gasteiger partial charge in [0.25, 0.3) is 0 Å². The molecule has 0 aliphatic carbocycles. The first-order valence-corrected chi connectivity index (χ1v) is 5.77. The highest BCUT2D eigenvalue weighted by atomic mass is 16.6. The van der Waals surface area contributed by atoms with Crippen molar-refractivity contribution in [1.29, 1.82) is 0 Å². The average molecular weight is 224 g/mol. The maximum atomic E-state index is 5.93. The molecular weight excluding hydrogens is 203 g/mol. The number of aromatic nitrogens is 2. The van der Waals surface area contributed by atoms with Crippen LogP contribution in [0.1, 0.15) is 34.1 Å². The Balaban J connectivity index is 2.75. The largest absolute Gasteiger partial charge is 0.515 e. The Morgan fingerprint density at radius 3 is 2.56 bits per heavy atom. The third kappa shape index (κ3) is 3.65. The predicted octanol–water partition coefficient (Wildman–Crippen LogP) is 1.36.